The largest absolute Gasteiger partial charge is 0.396 e. The molecule has 0 aromatic heterocycles. The topological polar surface area (TPSA) is 207 Å². The molecule has 12 rings (SSSR count). The smallest absolute Gasteiger partial charge is 0.136 e. The summed E-state index contributed by atoms with van der Waals surface area (Å²) in [5, 5.41) is 75.4. The quantitative estimate of drug-likeness (QED) is 0.110. The second kappa shape index (κ2) is 45.3. The summed E-state index contributed by atoms with van der Waals surface area (Å²) in [6.07, 6.45) is 39.2. The third kappa shape index (κ3) is 22.1. The van der Waals surface area contributed by atoms with Crippen LogP contribution in [0.3, 0.4) is 0 Å². The third-order valence-corrected chi connectivity index (χ3v) is 32.4. The molecule has 12 saturated carbocycles. The standard InChI is InChI=1S/C15H22BrN.C15H23BrO.C14H23NO.C14H21NO.2C13H24O2.6CH4.Ta/c2*1-11(7-9-17)13-5-6-14-12(10-16)4-3-8-15(13,14)2;2*1-10(7-9-15)11-5-6-12-13(16)4-3-8-14(11,12)2;2*1-9(8-14)10-5-6-11-12(15)4-3-7-13(10,11)2;;;;;;;/h10-11,13-14H,3-8H2,1-2H3;9-11,13-14H,3-8H2,1-2H3;10-13,16H,3-8H2,1-2H3;10-12H,3-8H2,1-2H3;2*9-12,14-15H,3-8H2,1-2H3;6*1H4;/b2*12-10+;;;;;;;;;;;/t2*11-,13-,14?,15-;10-,11-,12?,13+,14-;10-,11-,12?,14-;2*9-,10-,11?,12+,13-;;;;;;;/m111111......./s1. The fourth-order valence-electron chi connectivity index (χ4n) is 26.0. The number of nitriles is 3. The molecule has 12 aliphatic rings. The zero-order chi connectivity index (χ0) is 70.6. The van der Waals surface area contributed by atoms with Gasteiger partial charge in [0.1, 0.15) is 12.1 Å². The van der Waals surface area contributed by atoms with Crippen molar-refractivity contribution in [3.05, 3.63) is 21.1 Å². The second-order valence-corrected chi connectivity index (χ2v) is 37.0. The maximum atomic E-state index is 11.9. The fourth-order valence-corrected chi connectivity index (χ4v) is 27.1. The van der Waals surface area contributed by atoms with Gasteiger partial charge in [-0.15, -0.1) is 0 Å². The molecular formula is C90H161Br2N3O7Ta. The number of fused-ring (bicyclic) bond motifs is 6. The van der Waals surface area contributed by atoms with E-state index in [9.17, 15) is 35.1 Å². The summed E-state index contributed by atoms with van der Waals surface area (Å²) in [5.41, 5.74) is 5.21. The van der Waals surface area contributed by atoms with Gasteiger partial charge in [0, 0.05) is 73.6 Å². The number of aliphatic hydroxyl groups excluding tert-OH is 5. The van der Waals surface area contributed by atoms with Crippen molar-refractivity contribution in [2.24, 2.45) is 139 Å². The minimum atomic E-state index is -0.0852. The average Bonchev–Trinajstić information content (AvgIpc) is 1.69. The molecule has 0 aromatic rings. The fraction of sp³-hybridized carbons (Fsp3) is 0.900. The number of aldehydes is 1. The van der Waals surface area contributed by atoms with Gasteiger partial charge >= 0.3 is 0 Å². The van der Waals surface area contributed by atoms with Crippen LogP contribution in [0.25, 0.3) is 0 Å². The van der Waals surface area contributed by atoms with Gasteiger partial charge in [0.2, 0.25) is 0 Å². The first-order valence-electron chi connectivity index (χ1n) is 39.5. The molecule has 0 spiro atoms. The van der Waals surface area contributed by atoms with E-state index in [1.807, 2.05) is 0 Å². The molecule has 0 amide bonds. The number of rotatable bonds is 13. The number of nitrogens with zero attached hydrogens (tertiary/aromatic N) is 3. The first-order valence-corrected chi connectivity index (χ1v) is 41.4. The summed E-state index contributed by atoms with van der Waals surface area (Å²) in [5.74, 6) is 10.6. The van der Waals surface area contributed by atoms with Crippen LogP contribution in [0.1, 0.15) is 346 Å². The molecule has 13 heteroatoms. The minimum Gasteiger partial charge on any atom is -0.396 e. The average molecular weight is 1740 g/mol. The number of Topliss-reactive ketones (excluding diaryl/α,β-unsaturated/α-hetero) is 1. The Kier molecular flexibility index (Phi) is 44.8. The van der Waals surface area contributed by atoms with Gasteiger partial charge in [0.15, 0.2) is 0 Å². The first-order chi connectivity index (χ1) is 45.6. The Morgan fingerprint density at radius 1 is 0.398 bits per heavy atom. The van der Waals surface area contributed by atoms with Crippen molar-refractivity contribution < 1.29 is 57.5 Å². The Balaban J connectivity index is 0.00000120. The van der Waals surface area contributed by atoms with E-state index < -0.39 is 0 Å². The van der Waals surface area contributed by atoms with E-state index in [4.69, 9.17) is 15.8 Å². The Labute approximate surface area is 668 Å². The van der Waals surface area contributed by atoms with Crippen molar-refractivity contribution in [3.63, 3.8) is 0 Å². The molecule has 12 aliphatic carbocycles. The van der Waals surface area contributed by atoms with Crippen LogP contribution < -0.4 is 0 Å². The zero-order valence-electron chi connectivity index (χ0n) is 62.9. The van der Waals surface area contributed by atoms with Crippen LogP contribution in [-0.2, 0) is 32.0 Å². The Bertz CT molecular complexity index is 2640. The summed E-state index contributed by atoms with van der Waals surface area (Å²) >= 11 is 7.09. The summed E-state index contributed by atoms with van der Waals surface area (Å²) in [6.45, 7) is 28.1. The number of aliphatic hydroxyl groups is 5. The normalized spacial score (nSPS) is 40.6. The second-order valence-electron chi connectivity index (χ2n) is 36.1. The van der Waals surface area contributed by atoms with Crippen LogP contribution in [0.5, 0.6) is 0 Å². The molecule has 597 valence electrons. The number of allylic oxidation sites excluding steroid dienone is 2. The van der Waals surface area contributed by atoms with E-state index in [1.165, 1.54) is 109 Å². The number of carbonyl (C=O) groups excluding carboxylic acids is 2. The molecule has 0 bridgehead atoms. The van der Waals surface area contributed by atoms with E-state index in [2.05, 4.69) is 143 Å². The molecule has 0 aromatic carbocycles. The summed E-state index contributed by atoms with van der Waals surface area (Å²) in [6, 6.07) is 6.95. The Morgan fingerprint density at radius 2 is 0.660 bits per heavy atom. The number of carbonyl (C=O) groups is 2. The molecule has 0 heterocycles. The molecule has 1 radical (unpaired) electrons. The van der Waals surface area contributed by atoms with E-state index in [1.54, 1.807) is 11.1 Å². The van der Waals surface area contributed by atoms with Gasteiger partial charge in [-0.3, -0.25) is 4.79 Å². The van der Waals surface area contributed by atoms with E-state index in [-0.39, 0.29) is 90.7 Å². The molecule has 0 aliphatic heterocycles. The SMILES string of the molecule is C.C.C.C.C.C.C[C@H](CC#N)[C@H]1CCC2/C(=C/Br)CCC[C@@]21C.C[C@H](CC#N)[C@H]1CCC2C(=O)CCC[C@@]21C.C[C@H](CC#N)[C@H]1CCC2[C@@H](O)CCC[C@@]21C.C[C@H](CC=O)[C@H]1CCC2/C(=C/Br)CCC[C@@]21C.C[C@H](CO)[C@H]1CCC2[C@@H](O)CCC[C@@]21C.C[C@H](CO)[C@H]1CCC2[C@@H](O)CCC[C@@]21C.[Ta]. The maximum Gasteiger partial charge on any atom is 0.136 e. The molecule has 27 atom stereocenters. The van der Waals surface area contributed by atoms with Crippen molar-refractivity contribution in [1.29, 1.82) is 15.8 Å². The number of ketones is 1. The summed E-state index contributed by atoms with van der Waals surface area (Å²) < 4.78 is 0. The first kappa shape index (κ1) is 102. The van der Waals surface area contributed by atoms with Gasteiger partial charge in [-0.2, -0.15) is 15.8 Å². The van der Waals surface area contributed by atoms with Gasteiger partial charge in [-0.05, 0) is 310 Å². The van der Waals surface area contributed by atoms with E-state index in [0.29, 0.717) is 142 Å². The Hall–Kier alpha value is -1.21. The van der Waals surface area contributed by atoms with Gasteiger partial charge < -0.3 is 30.3 Å². The van der Waals surface area contributed by atoms with Gasteiger partial charge in [-0.1, -0.05) is 190 Å². The monoisotopic (exact) mass is 1740 g/mol. The van der Waals surface area contributed by atoms with Crippen LogP contribution in [0, 0.1) is 173 Å². The number of halogens is 2. The summed E-state index contributed by atoms with van der Waals surface area (Å²) in [7, 11) is 0. The molecule has 103 heavy (non-hydrogen) atoms. The van der Waals surface area contributed by atoms with E-state index in [0.717, 1.165) is 126 Å². The molecule has 10 nitrogen and oxygen atoms in total. The number of hydrogen-bond acceptors (Lipinski definition) is 10. The van der Waals surface area contributed by atoms with E-state index >= 15 is 0 Å². The predicted octanol–water partition coefficient (Wildman–Crippen LogP) is 24.4. The predicted molar refractivity (Wildman–Crippen MR) is 437 cm³/mol. The zero-order valence-corrected chi connectivity index (χ0v) is 69.3. The van der Waals surface area contributed by atoms with Crippen LogP contribution in [0.15, 0.2) is 21.1 Å². The van der Waals surface area contributed by atoms with Crippen molar-refractivity contribution in [3.8, 4) is 18.2 Å². The van der Waals surface area contributed by atoms with Crippen LogP contribution in [0.2, 0.25) is 0 Å². The van der Waals surface area contributed by atoms with Crippen molar-refractivity contribution in [2.75, 3.05) is 13.2 Å². The van der Waals surface area contributed by atoms with Gasteiger partial charge in [0.05, 0.1) is 36.5 Å². The maximum absolute atomic E-state index is 11.9. The van der Waals surface area contributed by atoms with Crippen LogP contribution >= 0.6 is 31.9 Å². The number of hydrogen-bond donors (Lipinski definition) is 5. The Morgan fingerprint density at radius 3 is 0.961 bits per heavy atom. The summed E-state index contributed by atoms with van der Waals surface area (Å²) in [4.78, 5) is 27.0. The van der Waals surface area contributed by atoms with Gasteiger partial charge in [0.25, 0.3) is 0 Å². The van der Waals surface area contributed by atoms with Crippen LogP contribution in [-0.4, -0.2) is 69.1 Å². The molecule has 6 unspecified atom stereocenters. The van der Waals surface area contributed by atoms with Crippen molar-refractivity contribution in [2.45, 2.75) is 364 Å². The molecule has 0 saturated heterocycles. The molecule has 12 fully saturated rings. The van der Waals surface area contributed by atoms with Gasteiger partial charge in [-0.25, -0.2) is 0 Å². The van der Waals surface area contributed by atoms with Crippen LogP contribution in [0.4, 0.5) is 0 Å². The third-order valence-electron chi connectivity index (χ3n) is 31.2. The van der Waals surface area contributed by atoms with Crippen molar-refractivity contribution >= 4 is 43.9 Å². The minimum absolute atomic E-state index is 0. The molecular weight excluding hydrogens is 1580 g/mol. The molecule has 5 N–H and O–H groups in total. The van der Waals surface area contributed by atoms with Crippen molar-refractivity contribution in [1.82, 2.24) is 0 Å².